The average Bonchev–Trinajstić information content (AvgIpc) is 3.51. The SMILES string of the molecule is Cn1c2ccccc2c2c3c4ccc(Cn5c6ccccc6c6ccccc65)cc4n(C)c3ccc21. The Morgan fingerprint density at radius 3 is 1.58 bits per heavy atom. The Labute approximate surface area is 208 Å². The van der Waals surface area contributed by atoms with Gasteiger partial charge in [0.1, 0.15) is 0 Å². The number of rotatable bonds is 2. The van der Waals surface area contributed by atoms with Crippen molar-refractivity contribution < 1.29 is 0 Å². The van der Waals surface area contributed by atoms with Gasteiger partial charge in [-0.1, -0.05) is 66.7 Å². The number of nitrogens with zero attached hydrogens (tertiary/aromatic N) is 3. The molecule has 3 heterocycles. The summed E-state index contributed by atoms with van der Waals surface area (Å²) in [5, 5.41) is 7.98. The largest absolute Gasteiger partial charge is 0.344 e. The molecular formula is C33H25N3. The highest BCUT2D eigenvalue weighted by atomic mass is 15.0. The highest BCUT2D eigenvalue weighted by molar-refractivity contribution is 6.28. The van der Waals surface area contributed by atoms with Gasteiger partial charge in [0.25, 0.3) is 0 Å². The lowest BCUT2D eigenvalue weighted by atomic mass is 10.0. The molecule has 0 fully saturated rings. The number of aromatic nitrogens is 3. The van der Waals surface area contributed by atoms with Crippen molar-refractivity contribution >= 4 is 65.4 Å². The van der Waals surface area contributed by atoms with Crippen LogP contribution >= 0.6 is 0 Å². The predicted octanol–water partition coefficient (Wildman–Crippen LogP) is 8.13. The number of para-hydroxylation sites is 3. The first-order valence-electron chi connectivity index (χ1n) is 12.5. The van der Waals surface area contributed by atoms with Gasteiger partial charge in [0, 0.05) is 86.1 Å². The van der Waals surface area contributed by atoms with E-state index in [4.69, 9.17) is 0 Å². The normalized spacial score (nSPS) is 12.3. The van der Waals surface area contributed by atoms with Gasteiger partial charge in [-0.25, -0.2) is 0 Å². The second-order valence-electron chi connectivity index (χ2n) is 9.96. The molecule has 36 heavy (non-hydrogen) atoms. The monoisotopic (exact) mass is 463 g/mol. The molecule has 0 unspecified atom stereocenters. The molecule has 0 amide bonds. The van der Waals surface area contributed by atoms with Gasteiger partial charge < -0.3 is 13.7 Å². The quantitative estimate of drug-likeness (QED) is 0.246. The molecule has 5 aromatic carbocycles. The van der Waals surface area contributed by atoms with Crippen LogP contribution in [-0.4, -0.2) is 13.7 Å². The van der Waals surface area contributed by atoms with Crippen molar-refractivity contribution in [2.75, 3.05) is 0 Å². The Morgan fingerprint density at radius 2 is 0.944 bits per heavy atom. The van der Waals surface area contributed by atoms with Gasteiger partial charge in [-0.3, -0.25) is 0 Å². The van der Waals surface area contributed by atoms with E-state index in [9.17, 15) is 0 Å². The first-order chi connectivity index (χ1) is 17.7. The summed E-state index contributed by atoms with van der Waals surface area (Å²) in [6, 6.07) is 37.8. The summed E-state index contributed by atoms with van der Waals surface area (Å²) < 4.78 is 7.14. The number of hydrogen-bond acceptors (Lipinski definition) is 0. The number of hydrogen-bond donors (Lipinski definition) is 0. The minimum atomic E-state index is 0.842. The van der Waals surface area contributed by atoms with Crippen molar-refractivity contribution in [3.63, 3.8) is 0 Å². The predicted molar refractivity (Wildman–Crippen MR) is 153 cm³/mol. The first kappa shape index (κ1) is 19.8. The van der Waals surface area contributed by atoms with Crippen LogP contribution < -0.4 is 0 Å². The standard InChI is InChI=1S/C33H25N3/c1-34-26-12-6-5-11-24(26)32-29(34)17-18-30-33(32)25-16-15-21(19-31(25)35(30)2)20-36-27-13-7-3-9-22(27)23-10-4-8-14-28(23)36/h3-19H,20H2,1-2H3. The van der Waals surface area contributed by atoms with E-state index in [1.165, 1.54) is 71.0 Å². The molecular weight excluding hydrogens is 438 g/mol. The molecule has 3 nitrogen and oxygen atoms in total. The zero-order chi connectivity index (χ0) is 24.0. The molecule has 0 aliphatic rings. The summed E-state index contributed by atoms with van der Waals surface area (Å²) in [4.78, 5) is 0. The minimum absolute atomic E-state index is 0.842. The Balaban J connectivity index is 1.38. The second-order valence-corrected chi connectivity index (χ2v) is 9.96. The maximum atomic E-state index is 2.46. The molecule has 0 radical (unpaired) electrons. The zero-order valence-corrected chi connectivity index (χ0v) is 20.4. The first-order valence-corrected chi connectivity index (χ1v) is 12.5. The molecule has 0 bridgehead atoms. The third-order valence-electron chi connectivity index (χ3n) is 8.13. The van der Waals surface area contributed by atoms with Crippen molar-refractivity contribution in [2.24, 2.45) is 14.1 Å². The summed E-state index contributed by atoms with van der Waals surface area (Å²) in [6.07, 6.45) is 0. The van der Waals surface area contributed by atoms with E-state index >= 15 is 0 Å². The number of benzene rings is 5. The molecule has 0 aliphatic heterocycles. The van der Waals surface area contributed by atoms with Crippen LogP contribution in [-0.2, 0) is 20.6 Å². The molecule has 0 saturated heterocycles. The maximum Gasteiger partial charge on any atom is 0.0496 e. The third-order valence-corrected chi connectivity index (χ3v) is 8.13. The van der Waals surface area contributed by atoms with Gasteiger partial charge in [-0.05, 0) is 42.0 Å². The molecule has 3 heteroatoms. The van der Waals surface area contributed by atoms with Crippen LogP contribution in [0.2, 0.25) is 0 Å². The Kier molecular flexibility index (Phi) is 3.85. The Bertz CT molecular complexity index is 2100. The summed E-state index contributed by atoms with van der Waals surface area (Å²) in [5.41, 5.74) is 9.01. The van der Waals surface area contributed by atoms with E-state index in [0.717, 1.165) is 6.54 Å². The molecule has 0 atom stereocenters. The van der Waals surface area contributed by atoms with E-state index < -0.39 is 0 Å². The summed E-state index contributed by atoms with van der Waals surface area (Å²) >= 11 is 0. The number of fused-ring (bicyclic) bond motifs is 10. The van der Waals surface area contributed by atoms with Crippen LogP contribution in [0.3, 0.4) is 0 Å². The van der Waals surface area contributed by atoms with Gasteiger partial charge >= 0.3 is 0 Å². The Hall–Kier alpha value is -4.50. The van der Waals surface area contributed by atoms with Crippen molar-refractivity contribution in [1.29, 1.82) is 0 Å². The van der Waals surface area contributed by atoms with E-state index in [0.29, 0.717) is 0 Å². The van der Waals surface area contributed by atoms with E-state index in [-0.39, 0.29) is 0 Å². The minimum Gasteiger partial charge on any atom is -0.344 e. The highest BCUT2D eigenvalue weighted by Gasteiger charge is 2.17. The number of aryl methyl sites for hydroxylation is 2. The lowest BCUT2D eigenvalue weighted by Crippen LogP contribution is -1.99. The van der Waals surface area contributed by atoms with Gasteiger partial charge in [-0.2, -0.15) is 0 Å². The van der Waals surface area contributed by atoms with E-state index in [1.54, 1.807) is 0 Å². The van der Waals surface area contributed by atoms with E-state index in [1.807, 2.05) is 0 Å². The summed E-state index contributed by atoms with van der Waals surface area (Å²) in [7, 11) is 4.37. The van der Waals surface area contributed by atoms with Crippen LogP contribution in [0, 0.1) is 0 Å². The van der Waals surface area contributed by atoms with Gasteiger partial charge in [-0.15, -0.1) is 0 Å². The van der Waals surface area contributed by atoms with Crippen molar-refractivity contribution in [1.82, 2.24) is 13.7 Å². The van der Waals surface area contributed by atoms with Crippen molar-refractivity contribution in [3.8, 4) is 0 Å². The fraction of sp³-hybridized carbons (Fsp3) is 0.0909. The summed E-state index contributed by atoms with van der Waals surface area (Å²) in [6.45, 7) is 0.842. The van der Waals surface area contributed by atoms with Crippen LogP contribution in [0.4, 0.5) is 0 Å². The second kappa shape index (κ2) is 7.02. The van der Waals surface area contributed by atoms with Gasteiger partial charge in [0.05, 0.1) is 0 Å². The van der Waals surface area contributed by atoms with Crippen LogP contribution in [0.1, 0.15) is 5.56 Å². The fourth-order valence-electron chi connectivity index (χ4n) is 6.44. The van der Waals surface area contributed by atoms with Gasteiger partial charge in [0.2, 0.25) is 0 Å². The van der Waals surface area contributed by atoms with E-state index in [2.05, 4.69) is 131 Å². The molecule has 0 saturated carbocycles. The molecule has 172 valence electrons. The summed E-state index contributed by atoms with van der Waals surface area (Å²) in [5.74, 6) is 0. The van der Waals surface area contributed by atoms with Crippen LogP contribution in [0.25, 0.3) is 65.4 Å². The lowest BCUT2D eigenvalue weighted by Gasteiger charge is -2.09. The van der Waals surface area contributed by atoms with Crippen molar-refractivity contribution in [2.45, 2.75) is 6.54 Å². The third kappa shape index (κ3) is 2.47. The molecule has 8 aromatic rings. The zero-order valence-electron chi connectivity index (χ0n) is 20.4. The highest BCUT2D eigenvalue weighted by Crippen LogP contribution is 2.39. The maximum absolute atomic E-state index is 2.46. The van der Waals surface area contributed by atoms with Crippen LogP contribution in [0.5, 0.6) is 0 Å². The fourth-order valence-corrected chi connectivity index (χ4v) is 6.44. The molecule has 0 spiro atoms. The topological polar surface area (TPSA) is 14.8 Å². The molecule has 8 rings (SSSR count). The van der Waals surface area contributed by atoms with Crippen molar-refractivity contribution in [3.05, 3.63) is 109 Å². The molecule has 0 N–H and O–H groups in total. The smallest absolute Gasteiger partial charge is 0.0496 e. The average molecular weight is 464 g/mol. The Morgan fingerprint density at radius 1 is 0.444 bits per heavy atom. The molecule has 0 aliphatic carbocycles. The lowest BCUT2D eigenvalue weighted by molar-refractivity contribution is 0.869. The van der Waals surface area contributed by atoms with Gasteiger partial charge in [0.15, 0.2) is 0 Å². The van der Waals surface area contributed by atoms with Crippen LogP contribution in [0.15, 0.2) is 103 Å². The molecule has 3 aromatic heterocycles.